The van der Waals surface area contributed by atoms with E-state index in [1.807, 2.05) is 26.2 Å². The maximum Gasteiger partial charge on any atom is 0.224 e. The molecule has 0 atom stereocenters. The summed E-state index contributed by atoms with van der Waals surface area (Å²) in [5, 5.41) is 6.17. The first-order valence-corrected chi connectivity index (χ1v) is 6.64. The minimum atomic E-state index is 0.579. The zero-order valence-electron chi connectivity index (χ0n) is 11.1. The summed E-state index contributed by atoms with van der Waals surface area (Å²) in [5.41, 5.74) is 2.13. The fourth-order valence-electron chi connectivity index (χ4n) is 1.55. The Hall–Kier alpha value is -1.82. The lowest BCUT2D eigenvalue weighted by atomic mass is 10.2. The smallest absolute Gasteiger partial charge is 0.224 e. The average Bonchev–Trinajstić information content (AvgIpc) is 2.42. The topological polar surface area (TPSA) is 53.1 Å². The van der Waals surface area contributed by atoms with Crippen LogP contribution in [0.15, 0.2) is 34.9 Å². The lowest BCUT2D eigenvalue weighted by molar-refractivity contribution is 1.13. The van der Waals surface area contributed by atoms with Crippen LogP contribution in [0.1, 0.15) is 0 Å². The number of aromatic nitrogens is 2. The van der Waals surface area contributed by atoms with Crippen LogP contribution in [0.25, 0.3) is 0 Å². The minimum Gasteiger partial charge on any atom is -0.378 e. The van der Waals surface area contributed by atoms with Crippen molar-refractivity contribution in [2.24, 2.45) is 0 Å². The lowest BCUT2D eigenvalue weighted by Crippen LogP contribution is -2.08. The SMILES string of the molecule is CNc1ncc(Br)c(Nc2ccc(N(C)C)cc2)n1. The summed E-state index contributed by atoms with van der Waals surface area (Å²) in [6, 6.07) is 8.14. The minimum absolute atomic E-state index is 0.579. The van der Waals surface area contributed by atoms with Crippen molar-refractivity contribution in [1.29, 1.82) is 0 Å². The predicted molar refractivity (Wildman–Crippen MR) is 83.3 cm³/mol. The van der Waals surface area contributed by atoms with E-state index in [9.17, 15) is 0 Å². The van der Waals surface area contributed by atoms with Gasteiger partial charge in [0.2, 0.25) is 5.95 Å². The van der Waals surface area contributed by atoms with Gasteiger partial charge in [-0.2, -0.15) is 4.98 Å². The van der Waals surface area contributed by atoms with E-state index in [1.54, 1.807) is 13.2 Å². The van der Waals surface area contributed by atoms with Gasteiger partial charge in [0.05, 0.1) is 4.47 Å². The van der Waals surface area contributed by atoms with Crippen molar-refractivity contribution >= 4 is 39.1 Å². The van der Waals surface area contributed by atoms with Gasteiger partial charge in [0.15, 0.2) is 0 Å². The van der Waals surface area contributed by atoms with Crippen molar-refractivity contribution < 1.29 is 0 Å². The van der Waals surface area contributed by atoms with E-state index in [-0.39, 0.29) is 0 Å². The summed E-state index contributed by atoms with van der Waals surface area (Å²) < 4.78 is 0.822. The van der Waals surface area contributed by atoms with Crippen LogP contribution in [0.3, 0.4) is 0 Å². The quantitative estimate of drug-likeness (QED) is 0.906. The molecule has 2 aromatic rings. The molecule has 1 heterocycles. The Morgan fingerprint density at radius 2 is 1.84 bits per heavy atom. The molecule has 100 valence electrons. The second-order valence-corrected chi connectivity index (χ2v) is 5.06. The van der Waals surface area contributed by atoms with Gasteiger partial charge in [-0.25, -0.2) is 4.98 Å². The number of hydrogen-bond donors (Lipinski definition) is 2. The molecule has 0 bridgehead atoms. The maximum atomic E-state index is 4.35. The molecule has 19 heavy (non-hydrogen) atoms. The highest BCUT2D eigenvalue weighted by Gasteiger charge is 2.05. The van der Waals surface area contributed by atoms with E-state index >= 15 is 0 Å². The zero-order valence-corrected chi connectivity index (χ0v) is 12.7. The van der Waals surface area contributed by atoms with Crippen molar-refractivity contribution in [2.45, 2.75) is 0 Å². The number of rotatable bonds is 4. The van der Waals surface area contributed by atoms with Crippen LogP contribution in [0.5, 0.6) is 0 Å². The van der Waals surface area contributed by atoms with E-state index < -0.39 is 0 Å². The first kappa shape index (κ1) is 13.6. The largest absolute Gasteiger partial charge is 0.378 e. The van der Waals surface area contributed by atoms with Crippen molar-refractivity contribution in [3.8, 4) is 0 Å². The van der Waals surface area contributed by atoms with Crippen molar-refractivity contribution in [3.05, 3.63) is 34.9 Å². The third kappa shape index (κ3) is 3.35. The third-order valence-corrected chi connectivity index (χ3v) is 3.19. The van der Waals surface area contributed by atoms with Crippen LogP contribution in [0.2, 0.25) is 0 Å². The highest BCUT2D eigenvalue weighted by molar-refractivity contribution is 9.10. The van der Waals surface area contributed by atoms with Crippen molar-refractivity contribution in [2.75, 3.05) is 36.7 Å². The molecule has 0 radical (unpaired) electrons. The number of hydrogen-bond acceptors (Lipinski definition) is 5. The summed E-state index contributed by atoms with van der Waals surface area (Å²) in [7, 11) is 5.82. The molecule has 0 saturated carbocycles. The predicted octanol–water partition coefficient (Wildman–Crippen LogP) is 3.09. The second-order valence-electron chi connectivity index (χ2n) is 4.21. The Morgan fingerprint density at radius 3 is 2.42 bits per heavy atom. The number of anilines is 4. The summed E-state index contributed by atoms with van der Waals surface area (Å²) in [4.78, 5) is 10.5. The highest BCUT2D eigenvalue weighted by atomic mass is 79.9. The Kier molecular flexibility index (Phi) is 4.21. The molecule has 1 aromatic heterocycles. The molecular weight excluding hydrogens is 306 g/mol. The molecule has 6 heteroatoms. The van der Waals surface area contributed by atoms with Crippen LogP contribution >= 0.6 is 15.9 Å². The van der Waals surface area contributed by atoms with Crippen LogP contribution in [0, 0.1) is 0 Å². The molecule has 2 rings (SSSR count). The van der Waals surface area contributed by atoms with Crippen LogP contribution in [-0.2, 0) is 0 Å². The molecule has 0 unspecified atom stereocenters. The number of halogens is 1. The van der Waals surface area contributed by atoms with Gasteiger partial charge < -0.3 is 15.5 Å². The van der Waals surface area contributed by atoms with E-state index in [0.29, 0.717) is 5.95 Å². The van der Waals surface area contributed by atoms with Crippen molar-refractivity contribution in [1.82, 2.24) is 9.97 Å². The average molecular weight is 322 g/mol. The molecule has 0 aliphatic carbocycles. The van der Waals surface area contributed by atoms with Gasteiger partial charge in [-0.05, 0) is 40.2 Å². The normalized spacial score (nSPS) is 10.1. The number of nitrogens with zero attached hydrogens (tertiary/aromatic N) is 3. The maximum absolute atomic E-state index is 4.35. The Balaban J connectivity index is 2.20. The third-order valence-electron chi connectivity index (χ3n) is 2.61. The van der Waals surface area contributed by atoms with E-state index in [1.165, 1.54) is 0 Å². The standard InChI is InChI=1S/C13H16BrN5/c1-15-13-16-8-11(14)12(18-13)17-9-4-6-10(7-5-9)19(2)3/h4-8H,1-3H3,(H2,15,16,17,18). The summed E-state index contributed by atoms with van der Waals surface area (Å²) in [6.07, 6.45) is 1.72. The fourth-order valence-corrected chi connectivity index (χ4v) is 1.85. The lowest BCUT2D eigenvalue weighted by Gasteiger charge is -2.13. The first-order valence-electron chi connectivity index (χ1n) is 5.85. The fraction of sp³-hybridized carbons (Fsp3) is 0.231. The molecule has 0 aliphatic heterocycles. The summed E-state index contributed by atoms with van der Waals surface area (Å²) in [6.45, 7) is 0. The molecule has 2 N–H and O–H groups in total. The Bertz CT molecular complexity index is 553. The second kappa shape index (κ2) is 5.88. The van der Waals surface area contributed by atoms with E-state index in [2.05, 4.69) is 53.6 Å². The summed E-state index contributed by atoms with van der Waals surface area (Å²) >= 11 is 3.43. The zero-order chi connectivity index (χ0) is 13.8. The van der Waals surface area contributed by atoms with Gasteiger partial charge in [0.25, 0.3) is 0 Å². The van der Waals surface area contributed by atoms with E-state index in [0.717, 1.165) is 21.7 Å². The van der Waals surface area contributed by atoms with Crippen LogP contribution in [-0.4, -0.2) is 31.1 Å². The van der Waals surface area contributed by atoms with E-state index in [4.69, 9.17) is 0 Å². The number of benzene rings is 1. The van der Waals surface area contributed by atoms with Gasteiger partial charge in [0.1, 0.15) is 5.82 Å². The van der Waals surface area contributed by atoms with Gasteiger partial charge in [-0.3, -0.25) is 0 Å². The van der Waals surface area contributed by atoms with Crippen LogP contribution in [0.4, 0.5) is 23.1 Å². The molecule has 0 spiro atoms. The summed E-state index contributed by atoms with van der Waals surface area (Å²) in [5.74, 6) is 1.31. The Morgan fingerprint density at radius 1 is 1.16 bits per heavy atom. The molecule has 5 nitrogen and oxygen atoms in total. The first-order chi connectivity index (χ1) is 9.10. The van der Waals surface area contributed by atoms with Gasteiger partial charge >= 0.3 is 0 Å². The monoisotopic (exact) mass is 321 g/mol. The van der Waals surface area contributed by atoms with Gasteiger partial charge in [-0.1, -0.05) is 0 Å². The number of nitrogens with one attached hydrogen (secondary N) is 2. The Labute approximate surface area is 121 Å². The molecule has 0 saturated heterocycles. The molecule has 0 fully saturated rings. The molecule has 0 aliphatic rings. The van der Waals surface area contributed by atoms with Gasteiger partial charge in [-0.15, -0.1) is 0 Å². The van der Waals surface area contributed by atoms with Gasteiger partial charge in [0, 0.05) is 38.7 Å². The molecule has 0 amide bonds. The molecule has 1 aromatic carbocycles. The molecular formula is C13H16BrN5. The van der Waals surface area contributed by atoms with Crippen LogP contribution < -0.4 is 15.5 Å². The highest BCUT2D eigenvalue weighted by Crippen LogP contribution is 2.25. The van der Waals surface area contributed by atoms with Crippen molar-refractivity contribution in [3.63, 3.8) is 0 Å².